The summed E-state index contributed by atoms with van der Waals surface area (Å²) < 4.78 is 0. The Labute approximate surface area is 89.2 Å². The van der Waals surface area contributed by atoms with E-state index in [1.54, 1.807) is 6.92 Å². The van der Waals surface area contributed by atoms with E-state index in [2.05, 4.69) is 0 Å². The van der Waals surface area contributed by atoms with Gasteiger partial charge in [0.2, 0.25) is 5.91 Å². The number of hydrogen-bond acceptors (Lipinski definition) is 3. The van der Waals surface area contributed by atoms with Crippen LogP contribution in [0.3, 0.4) is 0 Å². The van der Waals surface area contributed by atoms with Gasteiger partial charge >= 0.3 is 5.97 Å². The van der Waals surface area contributed by atoms with Crippen molar-refractivity contribution in [3.05, 3.63) is 0 Å². The van der Waals surface area contributed by atoms with Gasteiger partial charge in [-0.15, -0.1) is 0 Å². The largest absolute Gasteiger partial charge is 0.480 e. The van der Waals surface area contributed by atoms with Crippen molar-refractivity contribution in [2.75, 3.05) is 6.54 Å². The number of likely N-dealkylation sites (tertiary alicyclic amines) is 1. The van der Waals surface area contributed by atoms with Crippen molar-refractivity contribution in [1.29, 1.82) is 0 Å². The molecule has 0 aliphatic carbocycles. The van der Waals surface area contributed by atoms with Gasteiger partial charge in [0, 0.05) is 19.0 Å². The molecular weight excluding hydrogens is 196 g/mol. The lowest BCUT2D eigenvalue weighted by Gasteiger charge is -2.24. The van der Waals surface area contributed by atoms with E-state index in [1.165, 1.54) is 4.90 Å². The predicted octanol–water partition coefficient (Wildman–Crippen LogP) is 0.0453. The molecule has 15 heavy (non-hydrogen) atoms. The maximum Gasteiger partial charge on any atom is 0.326 e. The summed E-state index contributed by atoms with van der Waals surface area (Å²) in [5, 5.41) is 9.01. The SMILES string of the molecule is CC(N)CC(=O)N1CCC(C)C1C(=O)O. The van der Waals surface area contributed by atoms with Crippen molar-refractivity contribution in [3.8, 4) is 0 Å². The van der Waals surface area contributed by atoms with Crippen LogP contribution in [0.2, 0.25) is 0 Å². The summed E-state index contributed by atoms with van der Waals surface area (Å²) in [4.78, 5) is 24.1. The molecule has 3 unspecified atom stereocenters. The van der Waals surface area contributed by atoms with Gasteiger partial charge in [-0.05, 0) is 19.3 Å². The van der Waals surface area contributed by atoms with Gasteiger partial charge in [-0.25, -0.2) is 4.79 Å². The fourth-order valence-electron chi connectivity index (χ4n) is 2.00. The molecule has 1 fully saturated rings. The zero-order valence-electron chi connectivity index (χ0n) is 9.14. The molecule has 1 saturated heterocycles. The van der Waals surface area contributed by atoms with Crippen molar-refractivity contribution in [3.63, 3.8) is 0 Å². The first-order valence-corrected chi connectivity index (χ1v) is 5.21. The number of nitrogens with zero attached hydrogens (tertiary/aromatic N) is 1. The second-order valence-electron chi connectivity index (χ2n) is 4.32. The van der Waals surface area contributed by atoms with E-state index in [0.717, 1.165) is 6.42 Å². The van der Waals surface area contributed by atoms with E-state index in [4.69, 9.17) is 10.8 Å². The van der Waals surface area contributed by atoms with Gasteiger partial charge in [0.05, 0.1) is 0 Å². The van der Waals surface area contributed by atoms with Gasteiger partial charge in [-0.2, -0.15) is 0 Å². The Balaban J connectivity index is 2.68. The fourth-order valence-corrected chi connectivity index (χ4v) is 2.00. The lowest BCUT2D eigenvalue weighted by molar-refractivity contribution is -0.149. The van der Waals surface area contributed by atoms with Crippen LogP contribution in [0, 0.1) is 5.92 Å². The number of nitrogens with two attached hydrogens (primary N) is 1. The van der Waals surface area contributed by atoms with Gasteiger partial charge < -0.3 is 15.7 Å². The van der Waals surface area contributed by atoms with Crippen LogP contribution in [-0.2, 0) is 9.59 Å². The molecule has 0 radical (unpaired) electrons. The van der Waals surface area contributed by atoms with Crippen LogP contribution in [0.25, 0.3) is 0 Å². The van der Waals surface area contributed by atoms with Crippen LogP contribution in [0.4, 0.5) is 0 Å². The highest BCUT2D eigenvalue weighted by Crippen LogP contribution is 2.24. The number of carboxylic acids is 1. The Kier molecular flexibility index (Phi) is 3.68. The van der Waals surface area contributed by atoms with E-state index in [1.807, 2.05) is 6.92 Å². The standard InChI is InChI=1S/C10H18N2O3/c1-6-3-4-12(9(6)10(14)15)8(13)5-7(2)11/h6-7,9H,3-5,11H2,1-2H3,(H,14,15). The Hall–Kier alpha value is -1.10. The molecule has 1 heterocycles. The average molecular weight is 214 g/mol. The summed E-state index contributed by atoms with van der Waals surface area (Å²) in [5.74, 6) is -1.04. The molecule has 0 spiro atoms. The summed E-state index contributed by atoms with van der Waals surface area (Å²) in [6.07, 6.45) is 0.970. The van der Waals surface area contributed by atoms with Gasteiger partial charge in [0.15, 0.2) is 0 Å². The fraction of sp³-hybridized carbons (Fsp3) is 0.800. The van der Waals surface area contributed by atoms with Crippen LogP contribution in [0.5, 0.6) is 0 Å². The first-order chi connectivity index (χ1) is 6.93. The average Bonchev–Trinajstić information content (AvgIpc) is 2.45. The maximum absolute atomic E-state index is 11.7. The highest BCUT2D eigenvalue weighted by molar-refractivity contribution is 5.84. The number of carboxylic acid groups (broad SMARTS) is 1. The van der Waals surface area contributed by atoms with Crippen molar-refractivity contribution in [2.24, 2.45) is 11.7 Å². The van der Waals surface area contributed by atoms with Crippen LogP contribution >= 0.6 is 0 Å². The highest BCUT2D eigenvalue weighted by atomic mass is 16.4. The van der Waals surface area contributed by atoms with E-state index < -0.39 is 12.0 Å². The third-order valence-electron chi connectivity index (χ3n) is 2.77. The first kappa shape index (κ1) is 12.0. The van der Waals surface area contributed by atoms with E-state index in [-0.39, 0.29) is 24.3 Å². The zero-order valence-corrected chi connectivity index (χ0v) is 9.14. The summed E-state index contributed by atoms with van der Waals surface area (Å²) in [6.45, 7) is 4.13. The molecule has 1 amide bonds. The zero-order chi connectivity index (χ0) is 11.6. The Bertz CT molecular complexity index is 265. The van der Waals surface area contributed by atoms with Gasteiger partial charge in [0.1, 0.15) is 6.04 Å². The van der Waals surface area contributed by atoms with E-state index >= 15 is 0 Å². The lowest BCUT2D eigenvalue weighted by Crippen LogP contribution is -2.44. The quantitative estimate of drug-likeness (QED) is 0.695. The number of carbonyl (C=O) groups excluding carboxylic acids is 1. The molecular formula is C10H18N2O3. The normalized spacial score (nSPS) is 27.8. The molecule has 0 aromatic heterocycles. The second kappa shape index (κ2) is 4.61. The Morgan fingerprint density at radius 1 is 1.60 bits per heavy atom. The second-order valence-corrected chi connectivity index (χ2v) is 4.32. The first-order valence-electron chi connectivity index (χ1n) is 5.21. The van der Waals surface area contributed by atoms with Crippen LogP contribution in [-0.4, -0.2) is 40.5 Å². The van der Waals surface area contributed by atoms with Crippen molar-refractivity contribution < 1.29 is 14.7 Å². The van der Waals surface area contributed by atoms with Crippen LogP contribution in [0.15, 0.2) is 0 Å². The monoisotopic (exact) mass is 214 g/mol. The molecule has 3 atom stereocenters. The molecule has 1 rings (SSSR count). The minimum Gasteiger partial charge on any atom is -0.480 e. The number of carbonyl (C=O) groups is 2. The van der Waals surface area contributed by atoms with Gasteiger partial charge in [0.25, 0.3) is 0 Å². The minimum absolute atomic E-state index is 0.0273. The molecule has 0 aromatic carbocycles. The number of hydrogen-bond donors (Lipinski definition) is 2. The van der Waals surface area contributed by atoms with E-state index in [0.29, 0.717) is 6.54 Å². The molecule has 5 heteroatoms. The Morgan fingerprint density at radius 3 is 2.67 bits per heavy atom. The van der Waals surface area contributed by atoms with Crippen molar-refractivity contribution >= 4 is 11.9 Å². The molecule has 0 bridgehead atoms. The highest BCUT2D eigenvalue weighted by Gasteiger charge is 2.39. The van der Waals surface area contributed by atoms with Crippen LogP contribution in [0.1, 0.15) is 26.7 Å². The summed E-state index contributed by atoms with van der Waals surface area (Å²) in [6, 6.07) is -0.890. The van der Waals surface area contributed by atoms with Crippen LogP contribution < -0.4 is 5.73 Å². The summed E-state index contributed by atoms with van der Waals surface area (Å²) >= 11 is 0. The molecule has 3 N–H and O–H groups in total. The molecule has 1 aliphatic rings. The van der Waals surface area contributed by atoms with Gasteiger partial charge in [-0.1, -0.05) is 6.92 Å². The summed E-state index contributed by atoms with van der Waals surface area (Å²) in [5.41, 5.74) is 5.52. The maximum atomic E-state index is 11.7. The third-order valence-corrected chi connectivity index (χ3v) is 2.77. The molecule has 1 aliphatic heterocycles. The van der Waals surface area contributed by atoms with E-state index in [9.17, 15) is 9.59 Å². The summed E-state index contributed by atoms with van der Waals surface area (Å²) in [7, 11) is 0. The number of aliphatic carboxylic acids is 1. The number of rotatable bonds is 3. The Morgan fingerprint density at radius 2 is 2.20 bits per heavy atom. The van der Waals surface area contributed by atoms with Crippen molar-refractivity contribution in [1.82, 2.24) is 4.90 Å². The third kappa shape index (κ3) is 2.68. The topological polar surface area (TPSA) is 83.6 Å². The predicted molar refractivity (Wildman–Crippen MR) is 55.2 cm³/mol. The van der Waals surface area contributed by atoms with Gasteiger partial charge in [-0.3, -0.25) is 4.79 Å². The van der Waals surface area contributed by atoms with Crippen molar-refractivity contribution in [2.45, 2.75) is 38.8 Å². The molecule has 0 saturated carbocycles. The molecule has 5 nitrogen and oxygen atoms in total. The number of amides is 1. The lowest BCUT2D eigenvalue weighted by atomic mass is 10.0. The molecule has 86 valence electrons. The minimum atomic E-state index is -0.918. The smallest absolute Gasteiger partial charge is 0.326 e. The molecule has 0 aromatic rings.